The van der Waals surface area contributed by atoms with E-state index in [0.717, 1.165) is 99.2 Å². The van der Waals surface area contributed by atoms with Crippen molar-refractivity contribution in [1.82, 2.24) is 24.1 Å². The highest BCUT2D eigenvalue weighted by molar-refractivity contribution is 6.26. The maximum absolute atomic E-state index is 7.30. The lowest BCUT2D eigenvalue weighted by Crippen LogP contribution is -2.06. The standard InChI is InChI=1S/C57H35N5O/c1-4-15-36(16-5-1)38-27-29-39(30-28-38)55-58-56(41-20-14-19-40(35-41)37-17-6-2-7-18-37)60-57(59-55)62-50-26-13-11-24-44(50)46-32-34-48-47-33-31-45-43-23-10-12-25-49(43)61(42-21-8-3-9-22-42)51(45)53(47)63-54(48)52(46)62/h1-35H. The highest BCUT2D eigenvalue weighted by Crippen LogP contribution is 2.44. The van der Waals surface area contributed by atoms with Gasteiger partial charge in [0, 0.05) is 49.1 Å². The normalized spacial score (nSPS) is 11.8. The second-order valence-corrected chi connectivity index (χ2v) is 16.0. The van der Waals surface area contributed by atoms with Crippen LogP contribution in [-0.2, 0) is 0 Å². The van der Waals surface area contributed by atoms with E-state index in [4.69, 9.17) is 19.4 Å². The average molecular weight is 806 g/mol. The van der Waals surface area contributed by atoms with Gasteiger partial charge in [0.1, 0.15) is 5.52 Å². The van der Waals surface area contributed by atoms with Crippen molar-refractivity contribution in [2.75, 3.05) is 0 Å². The lowest BCUT2D eigenvalue weighted by atomic mass is 10.0. The number of furan rings is 1. The molecule has 13 aromatic rings. The van der Waals surface area contributed by atoms with Gasteiger partial charge in [0.05, 0.1) is 16.6 Å². The molecule has 4 aromatic heterocycles. The molecule has 0 amide bonds. The Balaban J connectivity index is 1.10. The summed E-state index contributed by atoms with van der Waals surface area (Å²) in [7, 11) is 0. The Morgan fingerprint density at radius 2 is 0.746 bits per heavy atom. The van der Waals surface area contributed by atoms with E-state index in [2.05, 4.69) is 209 Å². The van der Waals surface area contributed by atoms with E-state index in [1.807, 2.05) is 12.1 Å². The first-order valence-corrected chi connectivity index (χ1v) is 21.2. The fourth-order valence-corrected chi connectivity index (χ4v) is 9.47. The van der Waals surface area contributed by atoms with E-state index in [1.54, 1.807) is 0 Å². The van der Waals surface area contributed by atoms with Gasteiger partial charge in [-0.3, -0.25) is 4.57 Å². The summed E-state index contributed by atoms with van der Waals surface area (Å²) in [5.74, 6) is 1.67. The van der Waals surface area contributed by atoms with Crippen molar-refractivity contribution < 1.29 is 4.42 Å². The van der Waals surface area contributed by atoms with Crippen LogP contribution in [-0.4, -0.2) is 24.1 Å². The zero-order valence-electron chi connectivity index (χ0n) is 33.9. The lowest BCUT2D eigenvalue weighted by molar-refractivity contribution is 0.673. The Labute approximate surface area is 361 Å². The third-order valence-electron chi connectivity index (χ3n) is 12.4. The molecule has 0 bridgehead atoms. The van der Waals surface area contributed by atoms with Gasteiger partial charge in [0.15, 0.2) is 22.8 Å². The van der Waals surface area contributed by atoms with Crippen molar-refractivity contribution in [2.24, 2.45) is 0 Å². The molecular weight excluding hydrogens is 771 g/mol. The van der Waals surface area contributed by atoms with Gasteiger partial charge in [-0.05, 0) is 64.7 Å². The summed E-state index contributed by atoms with van der Waals surface area (Å²) in [6, 6.07) is 74.2. The number of fused-ring (bicyclic) bond motifs is 11. The van der Waals surface area contributed by atoms with Gasteiger partial charge < -0.3 is 8.98 Å². The van der Waals surface area contributed by atoms with Crippen LogP contribution >= 0.6 is 0 Å². The summed E-state index contributed by atoms with van der Waals surface area (Å²) >= 11 is 0. The number of hydrogen-bond acceptors (Lipinski definition) is 4. The molecule has 0 radical (unpaired) electrons. The van der Waals surface area contributed by atoms with Crippen LogP contribution in [0, 0.1) is 0 Å². The van der Waals surface area contributed by atoms with Gasteiger partial charge in [-0.1, -0.05) is 170 Å². The SMILES string of the molecule is c1ccc(-c2ccc(-c3nc(-c4cccc(-c5ccccc5)c4)nc(-n4c5ccccc5c5ccc6c7ccc8c9ccccc9n(-c9ccccc9)c8c7oc6c54)n3)cc2)cc1. The van der Waals surface area contributed by atoms with Gasteiger partial charge in [-0.2, -0.15) is 9.97 Å². The van der Waals surface area contributed by atoms with Crippen LogP contribution in [0.25, 0.3) is 122 Å². The van der Waals surface area contributed by atoms with Gasteiger partial charge in [0.25, 0.3) is 0 Å². The molecule has 0 aliphatic carbocycles. The minimum atomic E-state index is 0.509. The van der Waals surface area contributed by atoms with Crippen molar-refractivity contribution in [1.29, 1.82) is 0 Å². The molecule has 0 saturated carbocycles. The molecule has 0 atom stereocenters. The monoisotopic (exact) mass is 805 g/mol. The second-order valence-electron chi connectivity index (χ2n) is 16.0. The Morgan fingerprint density at radius 1 is 0.302 bits per heavy atom. The third kappa shape index (κ3) is 5.55. The first-order valence-electron chi connectivity index (χ1n) is 21.2. The van der Waals surface area contributed by atoms with E-state index < -0.39 is 0 Å². The van der Waals surface area contributed by atoms with E-state index >= 15 is 0 Å². The predicted octanol–water partition coefficient (Wildman–Crippen LogP) is 14.6. The van der Waals surface area contributed by atoms with Crippen LogP contribution < -0.4 is 0 Å². The molecule has 0 aliphatic rings. The second kappa shape index (κ2) is 14.0. The van der Waals surface area contributed by atoms with E-state index in [9.17, 15) is 0 Å². The molecule has 4 heterocycles. The maximum Gasteiger partial charge on any atom is 0.238 e. The zero-order valence-corrected chi connectivity index (χ0v) is 33.9. The van der Waals surface area contributed by atoms with Crippen molar-refractivity contribution in [3.8, 4) is 56.7 Å². The minimum absolute atomic E-state index is 0.509. The molecule has 0 fully saturated rings. The van der Waals surface area contributed by atoms with Crippen LogP contribution in [0.5, 0.6) is 0 Å². The molecule has 0 saturated heterocycles. The maximum atomic E-state index is 7.30. The Kier molecular flexibility index (Phi) is 7.80. The number of para-hydroxylation sites is 3. The molecule has 63 heavy (non-hydrogen) atoms. The van der Waals surface area contributed by atoms with Crippen LogP contribution in [0.3, 0.4) is 0 Å². The quantitative estimate of drug-likeness (QED) is 0.168. The smallest absolute Gasteiger partial charge is 0.238 e. The van der Waals surface area contributed by atoms with Crippen LogP contribution in [0.15, 0.2) is 217 Å². The largest absolute Gasteiger partial charge is 0.452 e. The fourth-order valence-electron chi connectivity index (χ4n) is 9.47. The zero-order chi connectivity index (χ0) is 41.4. The number of aromatic nitrogens is 5. The van der Waals surface area contributed by atoms with Crippen LogP contribution in [0.4, 0.5) is 0 Å². The van der Waals surface area contributed by atoms with Crippen molar-refractivity contribution in [3.63, 3.8) is 0 Å². The number of hydrogen-bond donors (Lipinski definition) is 0. The molecule has 0 aliphatic heterocycles. The van der Waals surface area contributed by atoms with Gasteiger partial charge >= 0.3 is 0 Å². The fraction of sp³-hybridized carbons (Fsp3) is 0. The molecule has 6 nitrogen and oxygen atoms in total. The predicted molar refractivity (Wildman–Crippen MR) is 258 cm³/mol. The average Bonchev–Trinajstić information content (AvgIpc) is 4.03. The van der Waals surface area contributed by atoms with E-state index in [0.29, 0.717) is 17.6 Å². The molecule has 6 heteroatoms. The Hall–Kier alpha value is -8.61. The Morgan fingerprint density at radius 3 is 1.38 bits per heavy atom. The lowest BCUT2D eigenvalue weighted by Gasteiger charge is -2.12. The summed E-state index contributed by atoms with van der Waals surface area (Å²) in [4.78, 5) is 15.9. The summed E-state index contributed by atoms with van der Waals surface area (Å²) < 4.78 is 11.8. The summed E-state index contributed by atoms with van der Waals surface area (Å²) in [5, 5.41) is 6.52. The number of rotatable bonds is 6. The first-order chi connectivity index (χ1) is 31.2. The highest BCUT2D eigenvalue weighted by Gasteiger charge is 2.24. The highest BCUT2D eigenvalue weighted by atomic mass is 16.3. The van der Waals surface area contributed by atoms with Crippen LogP contribution in [0.1, 0.15) is 0 Å². The third-order valence-corrected chi connectivity index (χ3v) is 12.4. The van der Waals surface area contributed by atoms with E-state index in [1.165, 1.54) is 5.39 Å². The van der Waals surface area contributed by atoms with Gasteiger partial charge in [0.2, 0.25) is 5.95 Å². The molecule has 0 spiro atoms. The van der Waals surface area contributed by atoms with Gasteiger partial charge in [-0.15, -0.1) is 0 Å². The van der Waals surface area contributed by atoms with E-state index in [-0.39, 0.29) is 0 Å². The Bertz CT molecular complexity index is 3890. The first kappa shape index (κ1) is 35.2. The minimum Gasteiger partial charge on any atom is -0.452 e. The molecule has 0 N–H and O–H groups in total. The number of nitrogens with zero attached hydrogens (tertiary/aromatic N) is 5. The van der Waals surface area contributed by atoms with Gasteiger partial charge in [-0.25, -0.2) is 4.98 Å². The van der Waals surface area contributed by atoms with Crippen molar-refractivity contribution >= 4 is 65.6 Å². The molecule has 0 unspecified atom stereocenters. The van der Waals surface area contributed by atoms with Crippen molar-refractivity contribution in [2.45, 2.75) is 0 Å². The molecular formula is C57H35N5O. The molecule has 294 valence electrons. The van der Waals surface area contributed by atoms with Crippen molar-refractivity contribution in [3.05, 3.63) is 212 Å². The molecule has 13 rings (SSSR count). The summed E-state index contributed by atoms with van der Waals surface area (Å²) in [6.45, 7) is 0. The van der Waals surface area contributed by atoms with Crippen LogP contribution in [0.2, 0.25) is 0 Å². The summed E-state index contributed by atoms with van der Waals surface area (Å²) in [5.41, 5.74) is 13.0. The topological polar surface area (TPSA) is 61.7 Å². The molecule has 9 aromatic carbocycles. The summed E-state index contributed by atoms with van der Waals surface area (Å²) in [6.07, 6.45) is 0. The number of benzene rings is 9.